The lowest BCUT2D eigenvalue weighted by Gasteiger charge is -2.28. The molecule has 1 N–H and O–H groups in total. The van der Waals surface area contributed by atoms with Gasteiger partial charge in [-0.15, -0.1) is 0 Å². The Hall–Kier alpha value is -1.97. The normalized spacial score (nSPS) is 13.7. The molecule has 10 heteroatoms. The molecule has 27 heavy (non-hydrogen) atoms. The minimum Gasteiger partial charge on any atom is -0.462 e. The number of nitrogens with zero attached hydrogens (tertiary/aromatic N) is 2. The van der Waals surface area contributed by atoms with Gasteiger partial charge < -0.3 is 23.8 Å². The van der Waals surface area contributed by atoms with Crippen molar-refractivity contribution < 1.29 is 23.8 Å². The molecule has 0 bridgehead atoms. The Morgan fingerprint density at radius 3 is 2.48 bits per heavy atom. The second-order valence-electron chi connectivity index (χ2n) is 5.29. The monoisotopic (exact) mass is 415 g/mol. The molecule has 0 radical (unpaired) electrons. The third-order valence-electron chi connectivity index (χ3n) is 3.47. The van der Waals surface area contributed by atoms with E-state index in [1.807, 2.05) is 4.90 Å². The zero-order valence-electron chi connectivity index (χ0n) is 15.2. The highest BCUT2D eigenvalue weighted by molar-refractivity contribution is 8.03. The average Bonchev–Trinajstić information content (AvgIpc) is 2.67. The number of esters is 2. The standard InChI is InChI=1S/C17H22ClN3O5S/c1-3-25-16(22)12(17(23)26-4-2)11-27-20-14-6-5-13(18)15(19-14)21-7-9-24-10-8-21/h5-6,11H,3-4,7-10H2,1-2H3,(H,19,20). The van der Waals surface area contributed by atoms with E-state index >= 15 is 0 Å². The zero-order chi connectivity index (χ0) is 19.6. The van der Waals surface area contributed by atoms with Gasteiger partial charge in [0.25, 0.3) is 0 Å². The molecule has 8 nitrogen and oxygen atoms in total. The van der Waals surface area contributed by atoms with E-state index in [1.165, 1.54) is 5.41 Å². The molecule has 1 aliphatic heterocycles. The number of ether oxygens (including phenoxy) is 3. The van der Waals surface area contributed by atoms with Crippen molar-refractivity contribution in [1.29, 1.82) is 0 Å². The van der Waals surface area contributed by atoms with Gasteiger partial charge in [-0.25, -0.2) is 14.6 Å². The van der Waals surface area contributed by atoms with Gasteiger partial charge in [0.15, 0.2) is 5.57 Å². The van der Waals surface area contributed by atoms with Crippen molar-refractivity contribution in [1.82, 2.24) is 4.98 Å². The summed E-state index contributed by atoms with van der Waals surface area (Å²) in [6.07, 6.45) is 0. The van der Waals surface area contributed by atoms with E-state index in [-0.39, 0.29) is 18.8 Å². The average molecular weight is 416 g/mol. The van der Waals surface area contributed by atoms with Crippen LogP contribution in [0, 0.1) is 0 Å². The number of carbonyl (C=O) groups is 2. The molecule has 1 aromatic heterocycles. The van der Waals surface area contributed by atoms with Crippen molar-refractivity contribution in [2.45, 2.75) is 13.8 Å². The Balaban J connectivity index is 2.07. The minimum atomic E-state index is -0.733. The van der Waals surface area contributed by atoms with Gasteiger partial charge in [0.2, 0.25) is 0 Å². The quantitative estimate of drug-likeness (QED) is 0.226. The van der Waals surface area contributed by atoms with Crippen molar-refractivity contribution in [3.05, 3.63) is 28.1 Å². The Bertz CT molecular complexity index is 675. The van der Waals surface area contributed by atoms with Gasteiger partial charge in [0.1, 0.15) is 11.6 Å². The van der Waals surface area contributed by atoms with Crippen molar-refractivity contribution in [2.75, 3.05) is 49.1 Å². The number of hydrogen-bond acceptors (Lipinski definition) is 9. The van der Waals surface area contributed by atoms with E-state index in [0.717, 1.165) is 11.9 Å². The Kier molecular flexibility index (Phi) is 8.70. The molecule has 0 aliphatic carbocycles. The fourth-order valence-electron chi connectivity index (χ4n) is 2.23. The van der Waals surface area contributed by atoms with Gasteiger partial charge in [-0.3, -0.25) is 0 Å². The molecule has 1 fully saturated rings. The molecule has 0 spiro atoms. The number of rotatable bonds is 8. The van der Waals surface area contributed by atoms with Crippen LogP contribution in [0.2, 0.25) is 5.02 Å². The van der Waals surface area contributed by atoms with Gasteiger partial charge in [0.05, 0.1) is 31.5 Å². The summed E-state index contributed by atoms with van der Waals surface area (Å²) in [5.74, 6) is -0.272. The first-order chi connectivity index (χ1) is 13.1. The molecule has 0 aromatic carbocycles. The summed E-state index contributed by atoms with van der Waals surface area (Å²) < 4.78 is 18.1. The van der Waals surface area contributed by atoms with E-state index in [0.29, 0.717) is 43.0 Å². The van der Waals surface area contributed by atoms with Crippen LogP contribution in [-0.2, 0) is 23.8 Å². The maximum absolute atomic E-state index is 11.9. The molecular formula is C17H22ClN3O5S. The first kappa shape index (κ1) is 21.3. The van der Waals surface area contributed by atoms with Crippen LogP contribution < -0.4 is 9.62 Å². The summed E-state index contributed by atoms with van der Waals surface area (Å²) >= 11 is 7.27. The lowest BCUT2D eigenvalue weighted by Crippen LogP contribution is -2.37. The molecule has 0 unspecified atom stereocenters. The number of aromatic nitrogens is 1. The first-order valence-corrected chi connectivity index (χ1v) is 9.77. The van der Waals surface area contributed by atoms with Crippen LogP contribution in [0.1, 0.15) is 13.8 Å². The number of pyridine rings is 1. The lowest BCUT2D eigenvalue weighted by molar-refractivity contribution is -0.146. The van der Waals surface area contributed by atoms with E-state index < -0.39 is 11.9 Å². The minimum absolute atomic E-state index is 0.162. The van der Waals surface area contributed by atoms with Crippen molar-refractivity contribution in [2.24, 2.45) is 0 Å². The first-order valence-electron chi connectivity index (χ1n) is 8.52. The third kappa shape index (κ3) is 6.30. The predicted octanol–water partition coefficient (Wildman–Crippen LogP) is 2.64. The fourth-order valence-corrected chi connectivity index (χ4v) is 3.06. The molecule has 2 heterocycles. The maximum Gasteiger partial charge on any atom is 0.346 e. The summed E-state index contributed by atoms with van der Waals surface area (Å²) in [6.45, 7) is 6.31. The van der Waals surface area contributed by atoms with E-state index in [2.05, 4.69) is 9.71 Å². The second-order valence-corrected chi connectivity index (χ2v) is 6.38. The topological polar surface area (TPSA) is 90.0 Å². The van der Waals surface area contributed by atoms with Crippen LogP contribution in [0.25, 0.3) is 0 Å². The van der Waals surface area contributed by atoms with Crippen molar-refractivity contribution in [3.63, 3.8) is 0 Å². The summed E-state index contributed by atoms with van der Waals surface area (Å²) in [7, 11) is 0. The van der Waals surface area contributed by atoms with Gasteiger partial charge in [0, 0.05) is 18.5 Å². The Morgan fingerprint density at radius 2 is 1.89 bits per heavy atom. The van der Waals surface area contributed by atoms with Gasteiger partial charge in [-0.05, 0) is 37.9 Å². The second kappa shape index (κ2) is 11.0. The summed E-state index contributed by atoms with van der Waals surface area (Å²) in [4.78, 5) is 30.4. The van der Waals surface area contributed by atoms with Crippen LogP contribution in [-0.4, -0.2) is 56.4 Å². The zero-order valence-corrected chi connectivity index (χ0v) is 16.8. The number of carbonyl (C=O) groups excluding carboxylic acids is 2. The predicted molar refractivity (Wildman–Crippen MR) is 105 cm³/mol. The molecule has 148 valence electrons. The molecule has 2 rings (SSSR count). The van der Waals surface area contributed by atoms with E-state index in [9.17, 15) is 9.59 Å². The third-order valence-corrected chi connectivity index (χ3v) is 4.44. The van der Waals surface area contributed by atoms with Crippen LogP contribution in [0.5, 0.6) is 0 Å². The van der Waals surface area contributed by atoms with Crippen molar-refractivity contribution >= 4 is 47.1 Å². The summed E-state index contributed by atoms with van der Waals surface area (Å²) in [5, 5.41) is 1.89. The molecule has 1 aromatic rings. The van der Waals surface area contributed by atoms with Gasteiger partial charge in [-0.1, -0.05) is 11.6 Å². The lowest BCUT2D eigenvalue weighted by atomic mass is 10.3. The molecule has 0 atom stereocenters. The number of morpholine rings is 1. The molecule has 1 aliphatic rings. The van der Waals surface area contributed by atoms with Crippen molar-refractivity contribution in [3.8, 4) is 0 Å². The SMILES string of the molecule is CCOC(=O)C(=CSNc1ccc(Cl)c(N2CCOCC2)n1)C(=O)OCC. The molecule has 0 saturated carbocycles. The Morgan fingerprint density at radius 1 is 1.26 bits per heavy atom. The highest BCUT2D eigenvalue weighted by Crippen LogP contribution is 2.27. The fraction of sp³-hybridized carbons (Fsp3) is 0.471. The van der Waals surface area contributed by atoms with Crippen LogP contribution in [0.4, 0.5) is 11.6 Å². The van der Waals surface area contributed by atoms with Crippen LogP contribution in [0.3, 0.4) is 0 Å². The van der Waals surface area contributed by atoms with E-state index in [4.69, 9.17) is 25.8 Å². The van der Waals surface area contributed by atoms with E-state index in [1.54, 1.807) is 26.0 Å². The molecular weight excluding hydrogens is 394 g/mol. The number of anilines is 2. The Labute approximate surface area is 167 Å². The van der Waals surface area contributed by atoms with Gasteiger partial charge >= 0.3 is 11.9 Å². The molecule has 1 saturated heterocycles. The van der Waals surface area contributed by atoms with Gasteiger partial charge in [-0.2, -0.15) is 0 Å². The highest BCUT2D eigenvalue weighted by Gasteiger charge is 2.21. The summed E-state index contributed by atoms with van der Waals surface area (Å²) in [6, 6.07) is 3.45. The highest BCUT2D eigenvalue weighted by atomic mass is 35.5. The summed E-state index contributed by atoms with van der Waals surface area (Å²) in [5.41, 5.74) is -0.182. The maximum atomic E-state index is 11.9. The smallest absolute Gasteiger partial charge is 0.346 e. The number of nitrogens with one attached hydrogen (secondary N) is 1. The number of hydrogen-bond donors (Lipinski definition) is 1. The van der Waals surface area contributed by atoms with Crippen LogP contribution >= 0.6 is 23.5 Å². The van der Waals surface area contributed by atoms with Crippen LogP contribution in [0.15, 0.2) is 23.1 Å². The number of halogens is 1. The molecule has 0 amide bonds. The largest absolute Gasteiger partial charge is 0.462 e.